The predicted molar refractivity (Wildman–Crippen MR) is 64.2 cm³/mol. The van der Waals surface area contributed by atoms with Gasteiger partial charge in [0, 0.05) is 17.8 Å². The average molecular weight is 233 g/mol. The fourth-order valence-corrected chi connectivity index (χ4v) is 2.28. The first-order valence-electron chi connectivity index (χ1n) is 5.66. The molecule has 1 atom stereocenters. The molecule has 0 aliphatic carbocycles. The monoisotopic (exact) mass is 233 g/mol. The Morgan fingerprint density at radius 1 is 1.47 bits per heavy atom. The average Bonchev–Trinajstić information content (AvgIpc) is 2.86. The molecule has 0 aromatic heterocycles. The second-order valence-electron chi connectivity index (χ2n) is 4.05. The minimum Gasteiger partial charge on any atom is -0.467 e. The number of esters is 1. The van der Waals surface area contributed by atoms with Crippen LogP contribution >= 0.6 is 0 Å². The Balaban J connectivity index is 2.32. The molecule has 1 saturated heterocycles. The smallest absolute Gasteiger partial charge is 0.328 e. The number of carbonyl (C=O) groups is 2. The molecule has 1 fully saturated rings. The number of rotatable bonds is 3. The topological polar surface area (TPSA) is 46.6 Å². The van der Waals surface area contributed by atoms with Crippen LogP contribution in [-0.2, 0) is 9.53 Å². The summed E-state index contributed by atoms with van der Waals surface area (Å²) in [7, 11) is 1.39. The van der Waals surface area contributed by atoms with Crippen molar-refractivity contribution in [2.45, 2.75) is 18.9 Å². The lowest BCUT2D eigenvalue weighted by atomic mass is 10.1. The summed E-state index contributed by atoms with van der Waals surface area (Å²) in [4.78, 5) is 24.6. The molecule has 0 saturated carbocycles. The van der Waals surface area contributed by atoms with E-state index in [0.717, 1.165) is 31.4 Å². The molecule has 1 aliphatic heterocycles. The SMILES string of the molecule is COC(=O)[C@@H]1CCCN1c1ccccc1C=O. The quantitative estimate of drug-likeness (QED) is 0.588. The van der Waals surface area contributed by atoms with Gasteiger partial charge < -0.3 is 9.64 Å². The van der Waals surface area contributed by atoms with Gasteiger partial charge in [-0.25, -0.2) is 4.79 Å². The van der Waals surface area contributed by atoms with Gasteiger partial charge in [-0.2, -0.15) is 0 Å². The minimum absolute atomic E-state index is 0.233. The summed E-state index contributed by atoms with van der Waals surface area (Å²) in [6.45, 7) is 0.782. The fraction of sp³-hybridized carbons (Fsp3) is 0.385. The maximum Gasteiger partial charge on any atom is 0.328 e. The van der Waals surface area contributed by atoms with Gasteiger partial charge in [-0.1, -0.05) is 12.1 Å². The molecule has 0 radical (unpaired) electrons. The van der Waals surface area contributed by atoms with Crippen LogP contribution in [0.5, 0.6) is 0 Å². The Hall–Kier alpha value is -1.84. The van der Waals surface area contributed by atoms with Crippen molar-refractivity contribution in [3.63, 3.8) is 0 Å². The number of hydrogen-bond donors (Lipinski definition) is 0. The molecule has 0 spiro atoms. The number of benzene rings is 1. The van der Waals surface area contributed by atoms with Crippen molar-refractivity contribution in [1.29, 1.82) is 0 Å². The van der Waals surface area contributed by atoms with Crippen molar-refractivity contribution in [2.24, 2.45) is 0 Å². The predicted octanol–water partition coefficient (Wildman–Crippen LogP) is 1.64. The van der Waals surface area contributed by atoms with Gasteiger partial charge in [-0.15, -0.1) is 0 Å². The third-order valence-corrected chi connectivity index (χ3v) is 3.10. The normalized spacial score (nSPS) is 19.1. The fourth-order valence-electron chi connectivity index (χ4n) is 2.28. The second kappa shape index (κ2) is 4.99. The van der Waals surface area contributed by atoms with Gasteiger partial charge in [-0.3, -0.25) is 4.79 Å². The van der Waals surface area contributed by atoms with Crippen LogP contribution in [0.2, 0.25) is 0 Å². The van der Waals surface area contributed by atoms with Gasteiger partial charge in [0.05, 0.1) is 7.11 Å². The summed E-state index contributed by atoms with van der Waals surface area (Å²) in [6.07, 6.45) is 2.54. The van der Waals surface area contributed by atoms with Crippen LogP contribution in [0.3, 0.4) is 0 Å². The molecule has 2 rings (SSSR count). The molecular weight excluding hydrogens is 218 g/mol. The van der Waals surface area contributed by atoms with Gasteiger partial charge in [0.25, 0.3) is 0 Å². The van der Waals surface area contributed by atoms with E-state index >= 15 is 0 Å². The molecule has 0 amide bonds. The Kier molecular flexibility index (Phi) is 3.42. The molecular formula is C13H15NO3. The Bertz CT molecular complexity index is 430. The first-order chi connectivity index (χ1) is 8.27. The van der Waals surface area contributed by atoms with Crippen LogP contribution in [0, 0.1) is 0 Å². The number of hydrogen-bond acceptors (Lipinski definition) is 4. The van der Waals surface area contributed by atoms with Crippen molar-refractivity contribution >= 4 is 17.9 Å². The largest absolute Gasteiger partial charge is 0.467 e. The summed E-state index contributed by atoms with van der Waals surface area (Å²) < 4.78 is 4.79. The lowest BCUT2D eigenvalue weighted by molar-refractivity contribution is -0.141. The van der Waals surface area contributed by atoms with Crippen molar-refractivity contribution < 1.29 is 14.3 Å². The standard InChI is InChI=1S/C13H15NO3/c1-17-13(16)12-7-4-8-14(12)11-6-3-2-5-10(11)9-15/h2-3,5-6,9,12H,4,7-8H2,1H3/t12-/m0/s1. The first kappa shape index (κ1) is 11.6. The van der Waals surface area contributed by atoms with E-state index in [9.17, 15) is 9.59 Å². The number of para-hydroxylation sites is 1. The van der Waals surface area contributed by atoms with Gasteiger partial charge in [-0.05, 0) is 25.0 Å². The van der Waals surface area contributed by atoms with Crippen LogP contribution in [-0.4, -0.2) is 32.0 Å². The lowest BCUT2D eigenvalue weighted by Gasteiger charge is -2.25. The van der Waals surface area contributed by atoms with Crippen LogP contribution < -0.4 is 4.90 Å². The van der Waals surface area contributed by atoms with E-state index in [1.807, 2.05) is 23.1 Å². The number of ether oxygens (including phenoxy) is 1. The summed E-state index contributed by atoms with van der Waals surface area (Å²) in [5, 5.41) is 0. The molecule has 1 heterocycles. The molecule has 0 N–H and O–H groups in total. The van der Waals surface area contributed by atoms with E-state index < -0.39 is 0 Å². The highest BCUT2D eigenvalue weighted by molar-refractivity contribution is 5.88. The maximum absolute atomic E-state index is 11.6. The van der Waals surface area contributed by atoms with Gasteiger partial charge >= 0.3 is 5.97 Å². The van der Waals surface area contributed by atoms with Crippen LogP contribution in [0.4, 0.5) is 5.69 Å². The van der Waals surface area contributed by atoms with Gasteiger partial charge in [0.1, 0.15) is 6.04 Å². The molecule has 1 aliphatic rings. The molecule has 1 aromatic carbocycles. The number of carbonyl (C=O) groups excluding carboxylic acids is 2. The lowest BCUT2D eigenvalue weighted by Crippen LogP contribution is -2.37. The van der Waals surface area contributed by atoms with E-state index in [-0.39, 0.29) is 12.0 Å². The first-order valence-corrected chi connectivity index (χ1v) is 5.66. The minimum atomic E-state index is -0.263. The highest BCUT2D eigenvalue weighted by atomic mass is 16.5. The third-order valence-electron chi connectivity index (χ3n) is 3.10. The summed E-state index contributed by atoms with van der Waals surface area (Å²) in [6, 6.07) is 7.05. The third kappa shape index (κ3) is 2.16. The number of nitrogens with zero attached hydrogens (tertiary/aromatic N) is 1. The zero-order valence-electron chi connectivity index (χ0n) is 9.76. The molecule has 1 aromatic rings. The Morgan fingerprint density at radius 3 is 2.94 bits per heavy atom. The summed E-state index contributed by atoms with van der Waals surface area (Å²) in [5.41, 5.74) is 1.43. The Labute approximate surface area is 100 Å². The molecule has 90 valence electrons. The van der Waals surface area contributed by atoms with Crippen molar-refractivity contribution in [2.75, 3.05) is 18.6 Å². The highest BCUT2D eigenvalue weighted by Crippen LogP contribution is 2.28. The molecule has 4 heteroatoms. The molecule has 17 heavy (non-hydrogen) atoms. The van der Waals surface area contributed by atoms with Crippen LogP contribution in [0.15, 0.2) is 24.3 Å². The highest BCUT2D eigenvalue weighted by Gasteiger charge is 2.32. The zero-order chi connectivity index (χ0) is 12.3. The number of aldehydes is 1. The number of anilines is 1. The second-order valence-corrected chi connectivity index (χ2v) is 4.05. The van der Waals surface area contributed by atoms with Crippen LogP contribution in [0.1, 0.15) is 23.2 Å². The van der Waals surface area contributed by atoms with Crippen LogP contribution in [0.25, 0.3) is 0 Å². The van der Waals surface area contributed by atoms with E-state index in [4.69, 9.17) is 4.74 Å². The van der Waals surface area contributed by atoms with Crippen molar-refractivity contribution in [3.05, 3.63) is 29.8 Å². The molecule has 0 bridgehead atoms. The van der Waals surface area contributed by atoms with E-state index in [2.05, 4.69) is 0 Å². The van der Waals surface area contributed by atoms with Crippen molar-refractivity contribution in [1.82, 2.24) is 0 Å². The summed E-state index contributed by atoms with van der Waals surface area (Å²) in [5.74, 6) is -0.233. The van der Waals surface area contributed by atoms with Gasteiger partial charge in [0.2, 0.25) is 0 Å². The molecule has 4 nitrogen and oxygen atoms in total. The maximum atomic E-state index is 11.6. The summed E-state index contributed by atoms with van der Waals surface area (Å²) >= 11 is 0. The zero-order valence-corrected chi connectivity index (χ0v) is 9.76. The van der Waals surface area contributed by atoms with Crippen molar-refractivity contribution in [3.8, 4) is 0 Å². The Morgan fingerprint density at radius 2 is 2.24 bits per heavy atom. The van der Waals surface area contributed by atoms with E-state index in [1.165, 1.54) is 7.11 Å². The van der Waals surface area contributed by atoms with E-state index in [0.29, 0.717) is 5.56 Å². The van der Waals surface area contributed by atoms with E-state index in [1.54, 1.807) is 6.07 Å². The number of methoxy groups -OCH3 is 1. The van der Waals surface area contributed by atoms with Gasteiger partial charge in [0.15, 0.2) is 6.29 Å². The molecule has 0 unspecified atom stereocenters.